The number of aromatic hydroxyl groups is 1. The number of phenols is 1. The highest BCUT2D eigenvalue weighted by molar-refractivity contribution is 5.93. The fourth-order valence-corrected chi connectivity index (χ4v) is 4.25. The summed E-state index contributed by atoms with van der Waals surface area (Å²) in [6, 6.07) is 10.2. The summed E-state index contributed by atoms with van der Waals surface area (Å²) >= 11 is 0. The lowest BCUT2D eigenvalue weighted by molar-refractivity contribution is -0.142. The van der Waals surface area contributed by atoms with E-state index >= 15 is 0 Å². The molecule has 0 saturated carbocycles. The number of hydrogen-bond donors (Lipinski definition) is 8. The van der Waals surface area contributed by atoms with Gasteiger partial charge in [-0.15, -0.1) is 0 Å². The van der Waals surface area contributed by atoms with Gasteiger partial charge < -0.3 is 42.6 Å². The summed E-state index contributed by atoms with van der Waals surface area (Å²) < 4.78 is 0. The van der Waals surface area contributed by atoms with Gasteiger partial charge in [0.15, 0.2) is 0 Å². The number of carbonyl (C=O) groups is 4. The second kappa shape index (κ2) is 14.7. The molecule has 0 saturated heterocycles. The molecule has 0 fully saturated rings. The van der Waals surface area contributed by atoms with Crippen molar-refractivity contribution < 1.29 is 29.4 Å². The molecule has 0 bridgehead atoms. The van der Waals surface area contributed by atoms with Crippen LogP contribution in [0.2, 0.25) is 0 Å². The molecule has 12 heteroatoms. The van der Waals surface area contributed by atoms with E-state index in [1.54, 1.807) is 18.3 Å². The van der Waals surface area contributed by atoms with Crippen molar-refractivity contribution in [1.29, 1.82) is 0 Å². The van der Waals surface area contributed by atoms with E-state index in [0.717, 1.165) is 22.9 Å². The number of nitrogens with one attached hydrogen (secondary N) is 4. The first-order valence-corrected chi connectivity index (χ1v) is 13.1. The van der Waals surface area contributed by atoms with Crippen LogP contribution in [0.25, 0.3) is 10.9 Å². The number of para-hydroxylation sites is 1. The van der Waals surface area contributed by atoms with Crippen LogP contribution in [-0.2, 0) is 32.0 Å². The Kier molecular flexibility index (Phi) is 11.0. The van der Waals surface area contributed by atoms with E-state index in [4.69, 9.17) is 11.5 Å². The Bertz CT molecular complexity index is 1310. The zero-order valence-electron chi connectivity index (χ0n) is 22.1. The van der Waals surface area contributed by atoms with Crippen molar-refractivity contribution in [3.8, 4) is 5.75 Å². The highest BCUT2D eigenvalue weighted by Crippen LogP contribution is 2.19. The van der Waals surface area contributed by atoms with Crippen molar-refractivity contribution in [1.82, 2.24) is 20.9 Å². The molecule has 12 nitrogen and oxygen atoms in total. The molecule has 3 rings (SSSR count). The SMILES string of the molecule is NCCCCC(N)C(=O)NCC(=O)NC(Cc1c[nH]c2ccccc12)C(=O)NC(Cc1ccc(O)cc1)C(=O)O. The normalized spacial score (nSPS) is 13.2. The second-order valence-corrected chi connectivity index (χ2v) is 9.56. The lowest BCUT2D eigenvalue weighted by Crippen LogP contribution is -2.54. The number of rotatable bonds is 15. The summed E-state index contributed by atoms with van der Waals surface area (Å²) in [5.41, 5.74) is 13.5. The number of phenolic OH excluding ortho intramolecular Hbond substituents is 1. The Labute approximate surface area is 231 Å². The fraction of sp³-hybridized carbons (Fsp3) is 0.357. The molecule has 2 aromatic carbocycles. The van der Waals surface area contributed by atoms with Crippen molar-refractivity contribution in [2.24, 2.45) is 11.5 Å². The Balaban J connectivity index is 1.71. The predicted octanol–water partition coefficient (Wildman–Crippen LogP) is 0.285. The molecule has 3 amide bonds. The average Bonchev–Trinajstić information content (AvgIpc) is 3.34. The number of aliphatic carboxylic acids is 1. The first kappa shape index (κ1) is 30.1. The number of unbranched alkanes of at least 4 members (excludes halogenated alkanes) is 1. The quantitative estimate of drug-likeness (QED) is 0.122. The van der Waals surface area contributed by atoms with Gasteiger partial charge in [-0.05, 0) is 48.7 Å². The largest absolute Gasteiger partial charge is 0.508 e. The Morgan fingerprint density at radius 1 is 0.900 bits per heavy atom. The average molecular weight is 553 g/mol. The molecule has 0 radical (unpaired) electrons. The third-order valence-electron chi connectivity index (χ3n) is 6.47. The zero-order valence-corrected chi connectivity index (χ0v) is 22.1. The van der Waals surface area contributed by atoms with Crippen LogP contribution < -0.4 is 27.4 Å². The fourth-order valence-electron chi connectivity index (χ4n) is 4.25. The number of amides is 3. The smallest absolute Gasteiger partial charge is 0.326 e. The minimum atomic E-state index is -1.29. The molecule has 214 valence electrons. The minimum Gasteiger partial charge on any atom is -0.508 e. The van der Waals surface area contributed by atoms with Crippen LogP contribution in [-0.4, -0.2) is 70.1 Å². The number of carboxylic acid groups (broad SMARTS) is 1. The number of H-pyrrole nitrogens is 1. The van der Waals surface area contributed by atoms with Crippen molar-refractivity contribution in [2.75, 3.05) is 13.1 Å². The molecule has 0 spiro atoms. The second-order valence-electron chi connectivity index (χ2n) is 9.56. The molecule has 3 atom stereocenters. The maximum absolute atomic E-state index is 13.3. The topological polar surface area (TPSA) is 213 Å². The third-order valence-corrected chi connectivity index (χ3v) is 6.47. The number of aromatic nitrogens is 1. The van der Waals surface area contributed by atoms with Crippen LogP contribution in [0.15, 0.2) is 54.7 Å². The number of carbonyl (C=O) groups excluding carboxylic acids is 3. The van der Waals surface area contributed by atoms with Gasteiger partial charge >= 0.3 is 5.97 Å². The van der Waals surface area contributed by atoms with Gasteiger partial charge in [0, 0.05) is 29.9 Å². The standard InChI is InChI=1S/C28H36N6O6/c29-12-4-3-6-21(30)26(37)32-16-25(36)33-23(14-18-15-31-22-7-2-1-5-20(18)22)27(38)34-24(28(39)40)13-17-8-10-19(35)11-9-17/h1-2,5,7-11,15,21,23-24,31,35H,3-4,6,12-14,16,29-30H2,(H,32,37)(H,33,36)(H,34,38)(H,39,40). The van der Waals surface area contributed by atoms with E-state index in [0.29, 0.717) is 24.9 Å². The molecule has 3 unspecified atom stereocenters. The van der Waals surface area contributed by atoms with E-state index in [9.17, 15) is 29.4 Å². The molecule has 3 aromatic rings. The van der Waals surface area contributed by atoms with Crippen molar-refractivity contribution >= 4 is 34.6 Å². The lowest BCUT2D eigenvalue weighted by atomic mass is 10.0. The van der Waals surface area contributed by atoms with Crippen LogP contribution in [0.3, 0.4) is 0 Å². The van der Waals surface area contributed by atoms with Crippen molar-refractivity contribution in [3.63, 3.8) is 0 Å². The van der Waals surface area contributed by atoms with Crippen LogP contribution in [0, 0.1) is 0 Å². The monoisotopic (exact) mass is 552 g/mol. The van der Waals surface area contributed by atoms with E-state index in [-0.39, 0.29) is 18.6 Å². The Hall–Kier alpha value is -4.42. The summed E-state index contributed by atoms with van der Waals surface area (Å²) in [6.45, 7) is 0.0885. The molecule has 0 aliphatic rings. The number of nitrogens with two attached hydrogens (primary N) is 2. The molecular formula is C28H36N6O6. The molecule has 0 aliphatic carbocycles. The van der Waals surface area contributed by atoms with Gasteiger partial charge in [0.25, 0.3) is 0 Å². The Morgan fingerprint density at radius 3 is 2.33 bits per heavy atom. The highest BCUT2D eigenvalue weighted by Gasteiger charge is 2.28. The van der Waals surface area contributed by atoms with Gasteiger partial charge in [-0.25, -0.2) is 4.79 Å². The van der Waals surface area contributed by atoms with Crippen LogP contribution in [0.4, 0.5) is 0 Å². The van der Waals surface area contributed by atoms with E-state index < -0.39 is 48.4 Å². The van der Waals surface area contributed by atoms with Crippen molar-refractivity contribution in [3.05, 3.63) is 65.9 Å². The number of aromatic amines is 1. The summed E-state index contributed by atoms with van der Waals surface area (Å²) in [5, 5.41) is 27.7. The first-order valence-electron chi connectivity index (χ1n) is 13.1. The molecular weight excluding hydrogens is 516 g/mol. The van der Waals surface area contributed by atoms with Gasteiger partial charge in [0.2, 0.25) is 17.7 Å². The van der Waals surface area contributed by atoms with Crippen LogP contribution in [0.1, 0.15) is 30.4 Å². The summed E-state index contributed by atoms with van der Waals surface area (Å²) in [6.07, 6.45) is 3.60. The minimum absolute atomic E-state index is 0.0322. The van der Waals surface area contributed by atoms with Gasteiger partial charge in [0.1, 0.15) is 17.8 Å². The maximum atomic E-state index is 13.3. The maximum Gasteiger partial charge on any atom is 0.326 e. The van der Waals surface area contributed by atoms with E-state index in [1.165, 1.54) is 12.1 Å². The first-order chi connectivity index (χ1) is 19.2. The van der Waals surface area contributed by atoms with Gasteiger partial charge in [-0.2, -0.15) is 0 Å². The summed E-state index contributed by atoms with van der Waals surface area (Å²) in [7, 11) is 0. The molecule has 40 heavy (non-hydrogen) atoms. The van der Waals surface area contributed by atoms with Crippen LogP contribution in [0.5, 0.6) is 5.75 Å². The van der Waals surface area contributed by atoms with E-state index in [2.05, 4.69) is 20.9 Å². The number of benzene rings is 2. The lowest BCUT2D eigenvalue weighted by Gasteiger charge is -2.22. The number of carboxylic acids is 1. The molecule has 1 aromatic heterocycles. The van der Waals surface area contributed by atoms with Gasteiger partial charge in [-0.1, -0.05) is 36.8 Å². The van der Waals surface area contributed by atoms with Crippen LogP contribution >= 0.6 is 0 Å². The number of hydrogen-bond acceptors (Lipinski definition) is 7. The summed E-state index contributed by atoms with van der Waals surface area (Å²) in [4.78, 5) is 53.4. The molecule has 1 heterocycles. The highest BCUT2D eigenvalue weighted by atomic mass is 16.4. The molecule has 0 aliphatic heterocycles. The zero-order chi connectivity index (χ0) is 29.1. The third kappa shape index (κ3) is 8.82. The molecule has 10 N–H and O–H groups in total. The van der Waals surface area contributed by atoms with E-state index in [1.807, 2.05) is 24.3 Å². The summed E-state index contributed by atoms with van der Waals surface area (Å²) in [5.74, 6) is -3.05. The Morgan fingerprint density at radius 2 is 1.62 bits per heavy atom. The van der Waals surface area contributed by atoms with Crippen molar-refractivity contribution in [2.45, 2.75) is 50.2 Å². The predicted molar refractivity (Wildman–Crippen MR) is 149 cm³/mol. The number of fused-ring (bicyclic) bond motifs is 1. The van der Waals surface area contributed by atoms with Gasteiger partial charge in [-0.3, -0.25) is 14.4 Å². The van der Waals surface area contributed by atoms with Gasteiger partial charge in [0.05, 0.1) is 12.6 Å².